The van der Waals surface area contributed by atoms with Crippen LogP contribution in [0.1, 0.15) is 96.4 Å². The Morgan fingerprint density at radius 2 is 1.69 bits per heavy atom. The van der Waals surface area contributed by atoms with Crippen LogP contribution in [-0.2, 0) is 22.3 Å². The van der Waals surface area contributed by atoms with Crippen molar-refractivity contribution in [1.82, 2.24) is 20.2 Å². The third kappa shape index (κ3) is 11.9. The predicted molar refractivity (Wildman–Crippen MR) is 264 cm³/mol. The first-order valence-electron chi connectivity index (χ1n) is 22.8. The Bertz CT molecular complexity index is 2750. The molecule has 1 aliphatic carbocycles. The fraction of sp³-hybridized carbons (Fsp3) is 0.404. The predicted octanol–water partition coefficient (Wildman–Crippen LogP) is 11.0. The molecule has 0 unspecified atom stereocenters. The van der Waals surface area contributed by atoms with Gasteiger partial charge in [0.2, 0.25) is 5.56 Å². The summed E-state index contributed by atoms with van der Waals surface area (Å²) >= 11 is 0. The van der Waals surface area contributed by atoms with E-state index in [1.54, 1.807) is 16.7 Å². The van der Waals surface area contributed by atoms with Gasteiger partial charge in [0.1, 0.15) is 11.9 Å². The average molecular weight is 900 g/mol. The summed E-state index contributed by atoms with van der Waals surface area (Å²) in [5.41, 5.74) is 6.63. The molecule has 2 aromatic heterocycles. The number of hydrogen-bond donors (Lipinski definition) is 5. The Morgan fingerprint density at radius 1 is 0.938 bits per heavy atom. The third-order valence-corrected chi connectivity index (χ3v) is 17.2. The number of carbonyl (C=O) groups is 1. The first-order chi connectivity index (χ1) is 30.8. The van der Waals surface area contributed by atoms with Gasteiger partial charge in [0, 0.05) is 48.2 Å². The third-order valence-electron chi connectivity index (χ3n) is 12.7. The van der Waals surface area contributed by atoms with Gasteiger partial charge in [-0.15, -0.1) is 0 Å². The number of aryl methyl sites for hydroxylation is 1. The second kappa shape index (κ2) is 19.8. The van der Waals surface area contributed by atoms with E-state index in [1.165, 1.54) is 6.07 Å². The number of fused-ring (bicyclic) bond motifs is 2. The molecule has 0 spiro atoms. The van der Waals surface area contributed by atoms with Crippen LogP contribution in [-0.4, -0.2) is 53.3 Å². The number of benzene rings is 4. The summed E-state index contributed by atoms with van der Waals surface area (Å²) in [5.74, 6) is -0.415. The van der Waals surface area contributed by atoms with Gasteiger partial charge in [0.15, 0.2) is 13.9 Å². The number of hydrogen-bond acceptors (Lipinski definition) is 9. The van der Waals surface area contributed by atoms with E-state index in [2.05, 4.69) is 75.6 Å². The normalized spacial score (nSPS) is 16.6. The minimum Gasteiger partial charge on any atom is -0.506 e. The number of rotatable bonds is 15. The van der Waals surface area contributed by atoms with E-state index in [1.807, 2.05) is 84.9 Å². The minimum absolute atomic E-state index is 0.00621. The molecule has 0 aliphatic heterocycles. The molecule has 0 bridgehead atoms. The average Bonchev–Trinajstić information content (AvgIpc) is 3.56. The summed E-state index contributed by atoms with van der Waals surface area (Å²) in [4.78, 5) is 41.3. The molecule has 6 aromatic rings. The van der Waals surface area contributed by atoms with Gasteiger partial charge in [-0.05, 0) is 124 Å². The van der Waals surface area contributed by atoms with Crippen LogP contribution in [0.15, 0.2) is 111 Å². The van der Waals surface area contributed by atoms with Crippen LogP contribution in [0, 0.1) is 0 Å². The van der Waals surface area contributed by atoms with Crippen LogP contribution >= 0.6 is 0 Å². The Hall–Kier alpha value is -5.73. The van der Waals surface area contributed by atoms with Crippen LogP contribution in [0.5, 0.6) is 5.75 Å². The zero-order valence-electron chi connectivity index (χ0n) is 39.0. The fourth-order valence-corrected chi connectivity index (χ4v) is 9.63. The fourth-order valence-electron chi connectivity index (χ4n) is 8.36. The number of pyridine rings is 1. The molecule has 1 fully saturated rings. The molecule has 0 saturated heterocycles. The molecular weight excluding hydrogens is 835 g/mol. The van der Waals surface area contributed by atoms with Crippen molar-refractivity contribution in [3.8, 4) is 16.9 Å². The van der Waals surface area contributed by atoms with E-state index in [4.69, 9.17) is 13.6 Å². The van der Waals surface area contributed by atoms with Gasteiger partial charge in [-0.3, -0.25) is 14.7 Å². The van der Waals surface area contributed by atoms with Gasteiger partial charge < -0.3 is 34.3 Å². The van der Waals surface area contributed by atoms with Crippen molar-refractivity contribution in [3.63, 3.8) is 0 Å². The molecule has 12 nitrogen and oxygen atoms in total. The lowest BCUT2D eigenvalue weighted by atomic mass is 9.91. The van der Waals surface area contributed by atoms with Crippen LogP contribution in [0.4, 0.5) is 10.5 Å². The van der Waals surface area contributed by atoms with E-state index < -0.39 is 20.2 Å². The number of nitrogens with zero attached hydrogens (tertiary/aromatic N) is 1. The minimum atomic E-state index is -2.26. The summed E-state index contributed by atoms with van der Waals surface area (Å²) in [6.07, 6.45) is 7.22. The summed E-state index contributed by atoms with van der Waals surface area (Å²) in [6, 6.07) is 28.8. The smallest absolute Gasteiger partial charge is 0.419 e. The first-order valence-corrected chi connectivity index (χ1v) is 25.7. The number of phenols is 1. The molecule has 1 amide bonds. The Labute approximate surface area is 382 Å². The molecule has 13 heteroatoms. The molecular formula is C52H65N5O7Si. The molecule has 1 aliphatic rings. The highest BCUT2D eigenvalue weighted by Gasteiger charge is 2.40. The monoisotopic (exact) mass is 899 g/mol. The molecule has 1 atom stereocenters. The van der Waals surface area contributed by atoms with Crippen molar-refractivity contribution in [2.24, 2.45) is 0 Å². The first kappa shape index (κ1) is 47.2. The quantitative estimate of drug-likeness (QED) is 0.0632. The lowest BCUT2D eigenvalue weighted by Gasteiger charge is -2.39. The van der Waals surface area contributed by atoms with Gasteiger partial charge >= 0.3 is 11.8 Å². The highest BCUT2D eigenvalue weighted by Crippen LogP contribution is 2.41. The largest absolute Gasteiger partial charge is 0.506 e. The highest BCUT2D eigenvalue weighted by molar-refractivity contribution is 6.74. The van der Waals surface area contributed by atoms with Crippen molar-refractivity contribution in [2.75, 3.05) is 11.9 Å². The molecule has 344 valence electrons. The van der Waals surface area contributed by atoms with Crippen LogP contribution in [0.25, 0.3) is 39.2 Å². The lowest BCUT2D eigenvalue weighted by molar-refractivity contribution is 0.0762. The van der Waals surface area contributed by atoms with Gasteiger partial charge in [-0.2, -0.15) is 0 Å². The number of anilines is 1. The van der Waals surface area contributed by atoms with Crippen LogP contribution in [0.3, 0.4) is 0 Å². The van der Waals surface area contributed by atoms with Crippen molar-refractivity contribution in [1.29, 1.82) is 0 Å². The number of phenolic OH excluding ortho intramolecular Hbond substituents is 1. The van der Waals surface area contributed by atoms with Gasteiger partial charge in [0.05, 0.1) is 22.8 Å². The van der Waals surface area contributed by atoms with Crippen molar-refractivity contribution >= 4 is 48.2 Å². The number of aromatic hydroxyl groups is 1. The van der Waals surface area contributed by atoms with Crippen LogP contribution < -0.4 is 27.3 Å². The van der Waals surface area contributed by atoms with Gasteiger partial charge in [0.25, 0.3) is 0 Å². The van der Waals surface area contributed by atoms with Crippen molar-refractivity contribution < 1.29 is 23.5 Å². The van der Waals surface area contributed by atoms with E-state index in [0.717, 1.165) is 58.9 Å². The zero-order valence-corrected chi connectivity index (χ0v) is 40.0. The second-order valence-corrected chi connectivity index (χ2v) is 24.6. The summed E-state index contributed by atoms with van der Waals surface area (Å²) in [7, 11) is -2.26. The maximum absolute atomic E-state index is 13.3. The molecule has 1 saturated carbocycles. The molecule has 0 radical (unpaired) electrons. The number of H-pyrrole nitrogens is 1. The highest BCUT2D eigenvalue weighted by atomic mass is 28.4. The van der Waals surface area contributed by atoms with Gasteiger partial charge in [-0.1, -0.05) is 87.5 Å². The maximum Gasteiger partial charge on any atom is 0.419 e. The number of allylic oxidation sites excluding steroid dienone is 1. The zero-order chi connectivity index (χ0) is 46.5. The van der Waals surface area contributed by atoms with E-state index in [-0.39, 0.29) is 34.1 Å². The maximum atomic E-state index is 13.3. The summed E-state index contributed by atoms with van der Waals surface area (Å²) in [5, 5.41) is 21.5. The van der Waals surface area contributed by atoms with E-state index >= 15 is 0 Å². The van der Waals surface area contributed by atoms with Crippen LogP contribution in [0.2, 0.25) is 18.1 Å². The molecule has 5 N–H and O–H groups in total. The summed E-state index contributed by atoms with van der Waals surface area (Å²) < 4.78 is 20.3. The number of carbonyl (C=O) groups excluding carboxylic acids is 1. The Balaban J connectivity index is 0.995. The molecule has 2 heterocycles. The Kier molecular flexibility index (Phi) is 14.4. The summed E-state index contributed by atoms with van der Waals surface area (Å²) in [6.45, 7) is 18.9. The number of nitrogens with one attached hydrogen (secondary N) is 4. The second-order valence-electron chi connectivity index (χ2n) is 19.9. The number of ether oxygens (including phenoxy) is 1. The van der Waals surface area contributed by atoms with E-state index in [0.29, 0.717) is 54.4 Å². The topological polar surface area (TPSA) is 160 Å². The van der Waals surface area contributed by atoms with Crippen molar-refractivity contribution in [2.45, 2.75) is 129 Å². The van der Waals surface area contributed by atoms with E-state index in [9.17, 15) is 19.5 Å². The standard InChI is InChI=1S/C52H65N5O7Si/c1-51(2,3)56-37-19-21-38(22-20-37)62-49(60)54-42-30-34(17-23-39(42)36-15-10-9-11-16-36)14-12-13-29-57-43-26-18-35(31-45(43)63-50(57)61)32-53-33-46(64-65(7,8)52(4,5)6)40-24-27-44(58)48-41(40)25-28-47(59)55-48/h9-12,14-18,23-28,30-31,37-38,46,53,56,58H,13,19-22,29,32-33H2,1-8H3,(H,54,60)(H,55,59)/t37?,38?,46-/m0/s1. The molecule has 7 rings (SSSR count). The Morgan fingerprint density at radius 3 is 2.42 bits per heavy atom. The number of amides is 1. The SMILES string of the molecule is CC(C)(C)NC1CCC(OC(=O)Nc2cc(C=CCCn3c(=O)oc4cc(CNC[C@H](O[Si](C)(C)C(C)(C)C)c5ccc(O)c6[nH]c(=O)ccc56)ccc43)ccc2-c2ccccc2)CC1. The number of aromatic amines is 1. The number of oxazole rings is 1. The van der Waals surface area contributed by atoms with Gasteiger partial charge in [-0.25, -0.2) is 9.59 Å². The molecule has 4 aromatic carbocycles. The van der Waals surface area contributed by atoms with Crippen molar-refractivity contribution in [3.05, 3.63) is 135 Å². The number of aromatic nitrogens is 2. The molecule has 65 heavy (non-hydrogen) atoms. The lowest BCUT2D eigenvalue weighted by Crippen LogP contribution is -2.46.